The smallest absolute Gasteiger partial charge is 0.334 e. The van der Waals surface area contributed by atoms with Gasteiger partial charge in [0.15, 0.2) is 0 Å². The van der Waals surface area contributed by atoms with Gasteiger partial charge in [-0.2, -0.15) is 5.48 Å². The Morgan fingerprint density at radius 1 is 1.58 bits per heavy atom. The van der Waals surface area contributed by atoms with Crippen molar-refractivity contribution in [2.45, 2.75) is 6.92 Å². The second-order valence-electron chi connectivity index (χ2n) is 2.03. The summed E-state index contributed by atoms with van der Waals surface area (Å²) in [4.78, 5) is 26.2. The zero-order valence-electron chi connectivity index (χ0n) is 6.37. The first-order valence-corrected chi connectivity index (χ1v) is 4.09. The quantitative estimate of drug-likeness (QED) is 0.663. The number of hydrogen-bond donors (Lipinski definition) is 1. The lowest BCUT2D eigenvalue weighted by Crippen LogP contribution is -2.23. The first-order chi connectivity index (χ1) is 5.70. The molecule has 0 bridgehead atoms. The van der Waals surface area contributed by atoms with Crippen LogP contribution in [0.1, 0.15) is 16.6 Å². The van der Waals surface area contributed by atoms with Crippen molar-refractivity contribution in [1.29, 1.82) is 0 Å². The van der Waals surface area contributed by atoms with Crippen LogP contribution in [0.4, 0.5) is 0 Å². The fourth-order valence-electron chi connectivity index (χ4n) is 0.563. The van der Waals surface area contributed by atoms with Gasteiger partial charge in [-0.05, 0) is 11.4 Å². The van der Waals surface area contributed by atoms with E-state index in [4.69, 9.17) is 0 Å². The molecule has 5 heteroatoms. The van der Waals surface area contributed by atoms with Crippen LogP contribution in [0.3, 0.4) is 0 Å². The molecule has 1 aromatic rings. The molecule has 0 saturated carbocycles. The molecule has 1 amide bonds. The van der Waals surface area contributed by atoms with Crippen molar-refractivity contribution in [3.8, 4) is 0 Å². The third-order valence-electron chi connectivity index (χ3n) is 1.01. The molecule has 0 unspecified atom stereocenters. The van der Waals surface area contributed by atoms with E-state index >= 15 is 0 Å². The molecule has 64 valence electrons. The third kappa shape index (κ3) is 2.35. The summed E-state index contributed by atoms with van der Waals surface area (Å²) >= 11 is 1.26. The van der Waals surface area contributed by atoms with Crippen molar-refractivity contribution in [2.75, 3.05) is 0 Å². The fourth-order valence-corrected chi connectivity index (χ4v) is 1.16. The lowest BCUT2D eigenvalue weighted by molar-refractivity contribution is -0.127. The Morgan fingerprint density at radius 2 is 2.33 bits per heavy atom. The van der Waals surface area contributed by atoms with Gasteiger partial charge in [-0.3, -0.25) is 4.79 Å². The molecule has 1 N–H and O–H groups in total. The summed E-state index contributed by atoms with van der Waals surface area (Å²) in [5.74, 6) is -0.944. The average Bonchev–Trinajstić information content (AvgIpc) is 2.51. The number of carbonyl (C=O) groups is 2. The lowest BCUT2D eigenvalue weighted by atomic mass is 10.5. The van der Waals surface area contributed by atoms with E-state index in [0.29, 0.717) is 4.88 Å². The number of carbonyl (C=O) groups excluding carboxylic acids is 2. The molecular weight excluding hydrogens is 178 g/mol. The highest BCUT2D eigenvalue weighted by Crippen LogP contribution is 2.08. The molecule has 0 aliphatic heterocycles. The zero-order chi connectivity index (χ0) is 8.97. The van der Waals surface area contributed by atoms with Crippen LogP contribution in [0, 0.1) is 0 Å². The minimum atomic E-state index is -0.541. The third-order valence-corrected chi connectivity index (χ3v) is 1.86. The predicted molar refractivity (Wildman–Crippen MR) is 43.6 cm³/mol. The summed E-state index contributed by atoms with van der Waals surface area (Å²) in [6.07, 6.45) is 0. The maximum Gasteiger partial charge on any atom is 0.372 e. The number of hydrogen-bond acceptors (Lipinski definition) is 4. The van der Waals surface area contributed by atoms with Crippen LogP contribution in [0.15, 0.2) is 17.5 Å². The van der Waals surface area contributed by atoms with Gasteiger partial charge in [0.05, 0.1) is 0 Å². The second kappa shape index (κ2) is 3.87. The topological polar surface area (TPSA) is 55.4 Å². The Morgan fingerprint density at radius 3 is 2.83 bits per heavy atom. The van der Waals surface area contributed by atoms with Crippen molar-refractivity contribution < 1.29 is 14.4 Å². The first-order valence-electron chi connectivity index (χ1n) is 3.21. The molecule has 0 atom stereocenters. The van der Waals surface area contributed by atoms with Gasteiger partial charge in [0.2, 0.25) is 5.91 Å². The summed E-state index contributed by atoms with van der Waals surface area (Å²) in [7, 11) is 0. The van der Waals surface area contributed by atoms with E-state index in [0.717, 1.165) is 0 Å². The van der Waals surface area contributed by atoms with Crippen molar-refractivity contribution in [1.82, 2.24) is 5.48 Å². The Bertz CT molecular complexity index is 281. The predicted octanol–water partition coefficient (Wildman–Crippen LogP) is 0.956. The maximum absolute atomic E-state index is 11.0. The van der Waals surface area contributed by atoms with Crippen molar-refractivity contribution in [3.63, 3.8) is 0 Å². The molecule has 0 saturated heterocycles. The summed E-state index contributed by atoms with van der Waals surface area (Å²) in [5, 5.41) is 1.75. The Labute approximate surface area is 73.1 Å². The Hall–Kier alpha value is -1.36. The summed E-state index contributed by atoms with van der Waals surface area (Å²) < 4.78 is 0. The van der Waals surface area contributed by atoms with E-state index in [1.54, 1.807) is 17.5 Å². The highest BCUT2D eigenvalue weighted by atomic mass is 32.1. The molecule has 0 radical (unpaired) electrons. The molecule has 0 fully saturated rings. The molecule has 0 aliphatic carbocycles. The summed E-state index contributed by atoms with van der Waals surface area (Å²) in [6, 6.07) is 3.35. The maximum atomic E-state index is 11.0. The number of amides is 1. The Kier molecular flexibility index (Phi) is 2.82. The number of nitrogens with one attached hydrogen (secondary N) is 1. The summed E-state index contributed by atoms with van der Waals surface area (Å²) in [5.41, 5.74) is 1.95. The van der Waals surface area contributed by atoms with Crippen molar-refractivity contribution >= 4 is 23.2 Å². The van der Waals surface area contributed by atoms with Gasteiger partial charge in [-0.15, -0.1) is 11.3 Å². The zero-order valence-corrected chi connectivity index (χ0v) is 7.18. The molecule has 12 heavy (non-hydrogen) atoms. The van der Waals surface area contributed by atoms with E-state index in [1.165, 1.54) is 18.3 Å². The van der Waals surface area contributed by atoms with E-state index in [2.05, 4.69) is 4.84 Å². The molecule has 0 aliphatic rings. The van der Waals surface area contributed by atoms with E-state index in [1.807, 2.05) is 5.48 Å². The molecular formula is C7H7NO3S. The normalized spacial score (nSPS) is 9.08. The van der Waals surface area contributed by atoms with E-state index in [-0.39, 0.29) is 0 Å². The number of thiophene rings is 1. The fraction of sp³-hybridized carbons (Fsp3) is 0.143. The minimum Gasteiger partial charge on any atom is -0.334 e. The van der Waals surface area contributed by atoms with Crippen molar-refractivity contribution in [3.05, 3.63) is 22.4 Å². The van der Waals surface area contributed by atoms with Crippen LogP contribution in [0.5, 0.6) is 0 Å². The average molecular weight is 185 g/mol. The van der Waals surface area contributed by atoms with Gasteiger partial charge in [-0.1, -0.05) is 6.07 Å². The molecule has 1 heterocycles. The Balaban J connectivity index is 2.45. The monoisotopic (exact) mass is 185 g/mol. The molecule has 4 nitrogen and oxygen atoms in total. The standard InChI is InChI=1S/C7H7NO3S/c1-5(9)8-11-7(10)6-3-2-4-12-6/h2-4H,1H3,(H,8,9). The minimum absolute atomic E-state index is 0.403. The van der Waals surface area contributed by atoms with Crippen LogP contribution in [0.2, 0.25) is 0 Å². The second-order valence-corrected chi connectivity index (χ2v) is 2.97. The van der Waals surface area contributed by atoms with Crippen LogP contribution in [-0.4, -0.2) is 11.9 Å². The highest BCUT2D eigenvalue weighted by molar-refractivity contribution is 7.11. The van der Waals surface area contributed by atoms with Gasteiger partial charge >= 0.3 is 5.97 Å². The molecule has 1 rings (SSSR count). The van der Waals surface area contributed by atoms with E-state index < -0.39 is 11.9 Å². The van der Waals surface area contributed by atoms with Gasteiger partial charge in [0.1, 0.15) is 4.88 Å². The highest BCUT2D eigenvalue weighted by Gasteiger charge is 2.07. The SMILES string of the molecule is CC(=O)NOC(=O)c1cccs1. The summed E-state index contributed by atoms with van der Waals surface area (Å²) in [6.45, 7) is 1.27. The molecule has 0 spiro atoms. The van der Waals surface area contributed by atoms with Gasteiger partial charge < -0.3 is 4.84 Å². The first kappa shape index (κ1) is 8.73. The van der Waals surface area contributed by atoms with E-state index in [9.17, 15) is 9.59 Å². The number of rotatable bonds is 1. The van der Waals surface area contributed by atoms with Crippen molar-refractivity contribution in [2.24, 2.45) is 0 Å². The van der Waals surface area contributed by atoms with Gasteiger partial charge in [0, 0.05) is 6.92 Å². The lowest BCUT2D eigenvalue weighted by Gasteiger charge is -1.99. The number of hydroxylamine groups is 1. The van der Waals surface area contributed by atoms with Crippen LogP contribution in [0.25, 0.3) is 0 Å². The largest absolute Gasteiger partial charge is 0.372 e. The van der Waals surface area contributed by atoms with Crippen LogP contribution < -0.4 is 5.48 Å². The van der Waals surface area contributed by atoms with Gasteiger partial charge in [-0.25, -0.2) is 4.79 Å². The van der Waals surface area contributed by atoms with Gasteiger partial charge in [0.25, 0.3) is 0 Å². The molecule has 0 aromatic carbocycles. The van der Waals surface area contributed by atoms with Crippen LogP contribution in [-0.2, 0) is 9.63 Å². The van der Waals surface area contributed by atoms with Crippen LogP contribution >= 0.6 is 11.3 Å². The molecule has 1 aromatic heterocycles.